The molecule has 1 atom stereocenters. The number of nitrogens with zero attached hydrogens (tertiary/aromatic N) is 2. The minimum atomic E-state index is 0. The second kappa shape index (κ2) is 10.0. The van der Waals surface area contributed by atoms with Crippen molar-refractivity contribution in [3.05, 3.63) is 35.9 Å². The molecule has 2 aliphatic rings. The summed E-state index contributed by atoms with van der Waals surface area (Å²) in [7, 11) is 0. The molecule has 2 saturated heterocycles. The summed E-state index contributed by atoms with van der Waals surface area (Å²) in [6.07, 6.45) is 1.41. The zero-order valence-corrected chi connectivity index (χ0v) is 16.0. The number of benzene rings is 1. The minimum absolute atomic E-state index is 0. The molecule has 2 aliphatic heterocycles. The summed E-state index contributed by atoms with van der Waals surface area (Å²) >= 11 is 1.91. The molecule has 0 aliphatic carbocycles. The summed E-state index contributed by atoms with van der Waals surface area (Å²) < 4.78 is 0. The molecular formula is C18H26ClN3O2S. The van der Waals surface area contributed by atoms with Crippen molar-refractivity contribution in [1.82, 2.24) is 15.1 Å². The normalized spacial score (nSPS) is 21.2. The maximum absolute atomic E-state index is 12.6. The molecule has 7 heteroatoms. The Bertz CT molecular complexity index is 567. The van der Waals surface area contributed by atoms with Crippen LogP contribution in [0.3, 0.4) is 0 Å². The van der Waals surface area contributed by atoms with Gasteiger partial charge in [-0.2, -0.15) is 11.8 Å². The number of carbonyl (C=O) groups is 2. The molecule has 1 unspecified atom stereocenters. The molecule has 25 heavy (non-hydrogen) atoms. The summed E-state index contributed by atoms with van der Waals surface area (Å²) in [4.78, 5) is 28.9. The Kier molecular flexibility index (Phi) is 8.06. The Morgan fingerprint density at radius 2 is 1.80 bits per heavy atom. The molecule has 1 aromatic rings. The summed E-state index contributed by atoms with van der Waals surface area (Å²) in [5.74, 6) is 2.42. The van der Waals surface area contributed by atoms with E-state index in [1.54, 1.807) is 0 Å². The lowest BCUT2D eigenvalue weighted by atomic mass is 10.2. The molecule has 1 N–H and O–H groups in total. The lowest BCUT2D eigenvalue weighted by Gasteiger charge is -2.27. The van der Waals surface area contributed by atoms with Crippen LogP contribution in [0.15, 0.2) is 30.3 Å². The van der Waals surface area contributed by atoms with Crippen molar-refractivity contribution < 1.29 is 9.59 Å². The number of rotatable bonds is 3. The quantitative estimate of drug-likeness (QED) is 0.865. The maximum Gasteiger partial charge on any atom is 0.253 e. The van der Waals surface area contributed by atoms with Gasteiger partial charge < -0.3 is 15.1 Å². The fourth-order valence-electron chi connectivity index (χ4n) is 3.22. The Hall–Kier alpha value is -1.24. The molecule has 0 bridgehead atoms. The molecule has 1 aromatic carbocycles. The maximum atomic E-state index is 12.6. The fourth-order valence-corrected chi connectivity index (χ4v) is 4.17. The highest BCUT2D eigenvalue weighted by atomic mass is 35.5. The van der Waals surface area contributed by atoms with Crippen LogP contribution >= 0.6 is 24.2 Å². The Labute approximate surface area is 159 Å². The number of halogens is 1. The molecule has 0 saturated carbocycles. The molecular weight excluding hydrogens is 358 g/mol. The van der Waals surface area contributed by atoms with Gasteiger partial charge in [0.05, 0.1) is 0 Å². The summed E-state index contributed by atoms with van der Waals surface area (Å²) in [5, 5.41) is 3.42. The fraction of sp³-hybridized carbons (Fsp3) is 0.556. The van der Waals surface area contributed by atoms with Gasteiger partial charge in [0.25, 0.3) is 5.91 Å². The smallest absolute Gasteiger partial charge is 0.253 e. The highest BCUT2D eigenvalue weighted by molar-refractivity contribution is 7.99. The number of hydrogen-bond acceptors (Lipinski definition) is 4. The van der Waals surface area contributed by atoms with Crippen molar-refractivity contribution in [3.63, 3.8) is 0 Å². The first-order valence-electron chi connectivity index (χ1n) is 8.67. The monoisotopic (exact) mass is 383 g/mol. The zero-order chi connectivity index (χ0) is 16.8. The predicted molar refractivity (Wildman–Crippen MR) is 105 cm³/mol. The third-order valence-electron chi connectivity index (χ3n) is 4.58. The van der Waals surface area contributed by atoms with Crippen LogP contribution < -0.4 is 5.32 Å². The Morgan fingerprint density at radius 1 is 1.08 bits per heavy atom. The van der Waals surface area contributed by atoms with E-state index < -0.39 is 0 Å². The molecule has 2 amide bonds. The van der Waals surface area contributed by atoms with Crippen molar-refractivity contribution in [2.45, 2.75) is 18.9 Å². The van der Waals surface area contributed by atoms with Crippen LogP contribution in [0, 0.1) is 0 Å². The Morgan fingerprint density at radius 3 is 2.52 bits per heavy atom. The Balaban J connectivity index is 0.00000225. The van der Waals surface area contributed by atoms with E-state index in [-0.39, 0.29) is 24.2 Å². The standard InChI is InChI=1S/C18H25N3O2S.ClH/c22-17(13-16-14-24-12-7-19-16)20-8-4-9-21(11-10-20)18(23)15-5-2-1-3-6-15;/h1-3,5-6,16,19H,4,7-14H2;1H. The topological polar surface area (TPSA) is 52.7 Å². The van der Waals surface area contributed by atoms with Crippen LogP contribution in [0.5, 0.6) is 0 Å². The second-order valence-electron chi connectivity index (χ2n) is 6.32. The van der Waals surface area contributed by atoms with Crippen molar-refractivity contribution in [2.75, 3.05) is 44.2 Å². The number of amides is 2. The van der Waals surface area contributed by atoms with Gasteiger partial charge >= 0.3 is 0 Å². The van der Waals surface area contributed by atoms with Gasteiger partial charge in [-0.25, -0.2) is 0 Å². The molecule has 0 aromatic heterocycles. The first-order chi connectivity index (χ1) is 11.7. The van der Waals surface area contributed by atoms with Crippen LogP contribution in [0.4, 0.5) is 0 Å². The van der Waals surface area contributed by atoms with E-state index in [9.17, 15) is 9.59 Å². The highest BCUT2D eigenvalue weighted by Gasteiger charge is 2.25. The highest BCUT2D eigenvalue weighted by Crippen LogP contribution is 2.14. The number of hydrogen-bond donors (Lipinski definition) is 1. The first kappa shape index (κ1) is 20.1. The summed E-state index contributed by atoms with van der Waals surface area (Å²) in [6.45, 7) is 3.71. The lowest BCUT2D eigenvalue weighted by Crippen LogP contribution is -2.43. The van der Waals surface area contributed by atoms with E-state index in [1.165, 1.54) is 0 Å². The average molecular weight is 384 g/mol. The minimum Gasteiger partial charge on any atom is -0.341 e. The number of thioether (sulfide) groups is 1. The lowest BCUT2D eigenvalue weighted by molar-refractivity contribution is -0.131. The van der Waals surface area contributed by atoms with Crippen LogP contribution in [0.25, 0.3) is 0 Å². The van der Waals surface area contributed by atoms with E-state index in [0.717, 1.165) is 43.1 Å². The van der Waals surface area contributed by atoms with Crippen molar-refractivity contribution in [2.24, 2.45) is 0 Å². The van der Waals surface area contributed by atoms with E-state index in [1.807, 2.05) is 51.9 Å². The number of carbonyl (C=O) groups excluding carboxylic acids is 2. The van der Waals surface area contributed by atoms with Gasteiger partial charge in [0.15, 0.2) is 0 Å². The van der Waals surface area contributed by atoms with Crippen LogP contribution in [0.2, 0.25) is 0 Å². The molecule has 3 rings (SSSR count). The van der Waals surface area contributed by atoms with Gasteiger partial charge in [-0.15, -0.1) is 12.4 Å². The van der Waals surface area contributed by atoms with Gasteiger partial charge in [-0.1, -0.05) is 18.2 Å². The predicted octanol–water partition coefficient (Wildman–Crippen LogP) is 1.88. The first-order valence-corrected chi connectivity index (χ1v) is 9.83. The molecule has 2 fully saturated rings. The average Bonchev–Trinajstić information content (AvgIpc) is 2.89. The zero-order valence-electron chi connectivity index (χ0n) is 14.4. The molecule has 138 valence electrons. The van der Waals surface area contributed by atoms with Crippen LogP contribution in [-0.4, -0.2) is 71.9 Å². The van der Waals surface area contributed by atoms with Crippen LogP contribution in [-0.2, 0) is 4.79 Å². The SMILES string of the molecule is Cl.O=C(CC1CSCCN1)N1CCCN(C(=O)c2ccccc2)CC1. The third kappa shape index (κ3) is 5.62. The van der Waals surface area contributed by atoms with Crippen molar-refractivity contribution in [3.8, 4) is 0 Å². The van der Waals surface area contributed by atoms with Gasteiger partial charge in [0.2, 0.25) is 5.91 Å². The van der Waals surface area contributed by atoms with E-state index in [4.69, 9.17) is 0 Å². The third-order valence-corrected chi connectivity index (χ3v) is 5.71. The molecule has 0 radical (unpaired) electrons. The van der Waals surface area contributed by atoms with Crippen molar-refractivity contribution in [1.29, 1.82) is 0 Å². The van der Waals surface area contributed by atoms with E-state index >= 15 is 0 Å². The van der Waals surface area contributed by atoms with Gasteiger partial charge in [-0.05, 0) is 18.6 Å². The van der Waals surface area contributed by atoms with E-state index in [2.05, 4.69) is 5.32 Å². The molecule has 0 spiro atoms. The largest absolute Gasteiger partial charge is 0.341 e. The van der Waals surface area contributed by atoms with Crippen molar-refractivity contribution >= 4 is 36.0 Å². The molecule has 5 nitrogen and oxygen atoms in total. The molecule has 2 heterocycles. The van der Waals surface area contributed by atoms with Gasteiger partial charge in [0.1, 0.15) is 0 Å². The summed E-state index contributed by atoms with van der Waals surface area (Å²) in [5.41, 5.74) is 0.723. The number of nitrogens with one attached hydrogen (secondary N) is 1. The summed E-state index contributed by atoms with van der Waals surface area (Å²) in [6, 6.07) is 9.68. The second-order valence-corrected chi connectivity index (χ2v) is 7.47. The van der Waals surface area contributed by atoms with E-state index in [0.29, 0.717) is 25.6 Å². The van der Waals surface area contributed by atoms with Crippen LogP contribution in [0.1, 0.15) is 23.2 Å². The van der Waals surface area contributed by atoms with Gasteiger partial charge in [-0.3, -0.25) is 9.59 Å². The van der Waals surface area contributed by atoms with Gasteiger partial charge in [0, 0.05) is 62.3 Å².